The van der Waals surface area contributed by atoms with Crippen molar-refractivity contribution in [2.24, 2.45) is 0 Å². The SMILES string of the molecule is Nc1ncnn2c(CN3CCOCC3)c(C=O)c(-c3ccc(NC(=O)Nc4cc(C(F)(F)F)ccn4)cc3)c12. The van der Waals surface area contributed by atoms with Crippen LogP contribution < -0.4 is 16.4 Å². The van der Waals surface area contributed by atoms with Crippen molar-refractivity contribution in [1.29, 1.82) is 0 Å². The Morgan fingerprint density at radius 3 is 2.54 bits per heavy atom. The van der Waals surface area contributed by atoms with Gasteiger partial charge in [-0.15, -0.1) is 0 Å². The van der Waals surface area contributed by atoms with Crippen molar-refractivity contribution in [3.63, 3.8) is 0 Å². The zero-order chi connectivity index (χ0) is 27.6. The standard InChI is InChI=1S/C25H23F3N8O3/c26-25(27,28)16-5-6-30-20(11-16)34-24(38)33-17-3-1-15(2-4-17)21-18(13-37)19(12-35-7-9-39-10-8-35)36-22(21)23(29)31-14-32-36/h1-6,11,13-14H,7-10,12H2,(H2,29,31,32)(H2,30,33,34,38). The van der Waals surface area contributed by atoms with Gasteiger partial charge < -0.3 is 15.8 Å². The second kappa shape index (κ2) is 10.7. The number of hydrogen-bond acceptors (Lipinski definition) is 8. The first-order valence-corrected chi connectivity index (χ1v) is 11.9. The average Bonchev–Trinajstić information content (AvgIpc) is 3.23. The lowest BCUT2D eigenvalue weighted by Crippen LogP contribution is -2.36. The Labute approximate surface area is 219 Å². The monoisotopic (exact) mass is 540 g/mol. The summed E-state index contributed by atoms with van der Waals surface area (Å²) >= 11 is 0. The molecule has 4 N–H and O–H groups in total. The van der Waals surface area contributed by atoms with Crippen LogP contribution in [0.25, 0.3) is 16.6 Å². The molecule has 4 aromatic rings. The van der Waals surface area contributed by atoms with Gasteiger partial charge in [-0.25, -0.2) is 19.3 Å². The number of pyridine rings is 1. The number of fused-ring (bicyclic) bond motifs is 1. The molecule has 5 rings (SSSR count). The topological polar surface area (TPSA) is 140 Å². The highest BCUT2D eigenvalue weighted by molar-refractivity contribution is 6.02. The van der Waals surface area contributed by atoms with E-state index >= 15 is 0 Å². The molecule has 2 amide bonds. The fraction of sp³-hybridized carbons (Fsp3) is 0.240. The first kappa shape index (κ1) is 26.1. The maximum atomic E-state index is 12.9. The number of aromatic nitrogens is 4. The van der Waals surface area contributed by atoms with E-state index in [4.69, 9.17) is 10.5 Å². The molecular weight excluding hydrogens is 517 g/mol. The molecule has 0 atom stereocenters. The average molecular weight is 541 g/mol. The number of rotatable bonds is 6. The normalized spacial score (nSPS) is 14.3. The molecule has 0 bridgehead atoms. The van der Waals surface area contributed by atoms with E-state index in [9.17, 15) is 22.8 Å². The van der Waals surface area contributed by atoms with E-state index in [1.807, 2.05) is 0 Å². The number of hydrogen-bond donors (Lipinski definition) is 3. The number of nitrogen functional groups attached to an aromatic ring is 1. The molecule has 1 aromatic carbocycles. The number of nitrogens with zero attached hydrogens (tertiary/aromatic N) is 5. The Bertz CT molecular complexity index is 1520. The van der Waals surface area contributed by atoms with Crippen LogP contribution in [0.1, 0.15) is 21.6 Å². The zero-order valence-corrected chi connectivity index (χ0v) is 20.4. The summed E-state index contributed by atoms with van der Waals surface area (Å²) in [6, 6.07) is 7.33. The molecule has 1 aliphatic rings. The summed E-state index contributed by atoms with van der Waals surface area (Å²) < 4.78 is 45.8. The Morgan fingerprint density at radius 1 is 1.10 bits per heavy atom. The largest absolute Gasteiger partial charge is 0.416 e. The molecule has 0 radical (unpaired) electrons. The Balaban J connectivity index is 1.40. The Hall–Kier alpha value is -4.56. The second-order valence-corrected chi connectivity index (χ2v) is 8.73. The minimum Gasteiger partial charge on any atom is -0.382 e. The number of halogens is 3. The van der Waals surface area contributed by atoms with E-state index in [-0.39, 0.29) is 11.6 Å². The summed E-state index contributed by atoms with van der Waals surface area (Å²) in [5.41, 5.74) is 8.39. The lowest BCUT2D eigenvalue weighted by Gasteiger charge is -2.26. The van der Waals surface area contributed by atoms with E-state index < -0.39 is 17.8 Å². The highest BCUT2D eigenvalue weighted by Crippen LogP contribution is 2.35. The van der Waals surface area contributed by atoms with E-state index in [2.05, 4.69) is 30.6 Å². The number of nitrogens with two attached hydrogens (primary N) is 1. The van der Waals surface area contributed by atoms with Gasteiger partial charge in [-0.05, 0) is 29.8 Å². The first-order chi connectivity index (χ1) is 18.7. The first-order valence-electron chi connectivity index (χ1n) is 11.9. The predicted molar refractivity (Wildman–Crippen MR) is 136 cm³/mol. The van der Waals surface area contributed by atoms with Crippen LogP contribution >= 0.6 is 0 Å². The van der Waals surface area contributed by atoms with Gasteiger partial charge >= 0.3 is 12.2 Å². The maximum absolute atomic E-state index is 12.9. The highest BCUT2D eigenvalue weighted by Gasteiger charge is 2.31. The van der Waals surface area contributed by atoms with Crippen molar-refractivity contribution in [1.82, 2.24) is 24.5 Å². The minimum absolute atomic E-state index is 0.200. The third-order valence-corrected chi connectivity index (χ3v) is 6.25. The van der Waals surface area contributed by atoms with Crippen LogP contribution in [0.3, 0.4) is 0 Å². The molecule has 1 saturated heterocycles. The van der Waals surface area contributed by atoms with Crippen molar-refractivity contribution < 1.29 is 27.5 Å². The quantitative estimate of drug-likeness (QED) is 0.315. The van der Waals surface area contributed by atoms with Gasteiger partial charge in [0.1, 0.15) is 17.7 Å². The number of carbonyl (C=O) groups is 2. The van der Waals surface area contributed by atoms with Gasteiger partial charge in [0.15, 0.2) is 12.1 Å². The third kappa shape index (κ3) is 5.51. The van der Waals surface area contributed by atoms with Crippen molar-refractivity contribution >= 4 is 35.2 Å². The molecule has 4 heterocycles. The smallest absolute Gasteiger partial charge is 0.382 e. The summed E-state index contributed by atoms with van der Waals surface area (Å²) in [4.78, 5) is 34.7. The van der Waals surface area contributed by atoms with E-state index in [0.717, 1.165) is 24.6 Å². The van der Waals surface area contributed by atoms with Crippen molar-refractivity contribution in [3.05, 3.63) is 65.7 Å². The molecule has 1 fully saturated rings. The molecule has 0 spiro atoms. The number of morpholine rings is 1. The summed E-state index contributed by atoms with van der Waals surface area (Å²) in [6.07, 6.45) is -1.51. The number of carbonyl (C=O) groups excluding carboxylic acids is 2. The van der Waals surface area contributed by atoms with Crippen LogP contribution in [0.4, 0.5) is 35.3 Å². The zero-order valence-electron chi connectivity index (χ0n) is 20.4. The number of alkyl halides is 3. The summed E-state index contributed by atoms with van der Waals surface area (Å²) in [5, 5.41) is 9.18. The number of anilines is 3. The van der Waals surface area contributed by atoms with Crippen LogP contribution in [0.5, 0.6) is 0 Å². The van der Waals surface area contributed by atoms with E-state index in [1.165, 1.54) is 6.33 Å². The predicted octanol–water partition coefficient (Wildman–Crippen LogP) is 3.68. The number of urea groups is 1. The minimum atomic E-state index is -4.56. The van der Waals surface area contributed by atoms with Crippen LogP contribution in [0, 0.1) is 0 Å². The van der Waals surface area contributed by atoms with Gasteiger partial charge in [0, 0.05) is 42.6 Å². The van der Waals surface area contributed by atoms with Gasteiger partial charge in [-0.3, -0.25) is 15.0 Å². The van der Waals surface area contributed by atoms with Crippen LogP contribution in [-0.4, -0.2) is 63.1 Å². The number of nitrogens with one attached hydrogen (secondary N) is 2. The van der Waals surface area contributed by atoms with Crippen LogP contribution in [0.2, 0.25) is 0 Å². The molecule has 0 aliphatic carbocycles. The molecular formula is C25H23F3N8O3. The number of amides is 2. The Morgan fingerprint density at radius 2 is 1.85 bits per heavy atom. The number of ether oxygens (including phenoxy) is 1. The van der Waals surface area contributed by atoms with Gasteiger partial charge in [-0.2, -0.15) is 18.3 Å². The lowest BCUT2D eigenvalue weighted by molar-refractivity contribution is -0.137. The summed E-state index contributed by atoms with van der Waals surface area (Å²) in [5.74, 6) is -0.0513. The fourth-order valence-corrected chi connectivity index (χ4v) is 4.41. The third-order valence-electron chi connectivity index (χ3n) is 6.25. The number of benzene rings is 1. The van der Waals surface area contributed by atoms with Gasteiger partial charge in [-0.1, -0.05) is 12.1 Å². The molecule has 202 valence electrons. The van der Waals surface area contributed by atoms with E-state index in [1.54, 1.807) is 28.8 Å². The van der Waals surface area contributed by atoms with Gasteiger partial charge in [0.25, 0.3) is 0 Å². The van der Waals surface area contributed by atoms with Crippen LogP contribution in [-0.2, 0) is 17.5 Å². The maximum Gasteiger partial charge on any atom is 0.416 e. The number of aldehydes is 1. The van der Waals surface area contributed by atoms with Gasteiger partial charge in [0.05, 0.1) is 24.5 Å². The van der Waals surface area contributed by atoms with E-state index in [0.29, 0.717) is 66.4 Å². The van der Waals surface area contributed by atoms with Gasteiger partial charge in [0.2, 0.25) is 0 Å². The molecule has 39 heavy (non-hydrogen) atoms. The Kier molecular flexibility index (Phi) is 7.13. The summed E-state index contributed by atoms with van der Waals surface area (Å²) in [6.45, 7) is 3.06. The lowest BCUT2D eigenvalue weighted by atomic mass is 10.0. The molecule has 3 aromatic heterocycles. The molecule has 11 nitrogen and oxygen atoms in total. The molecule has 0 saturated carbocycles. The highest BCUT2D eigenvalue weighted by atomic mass is 19.4. The van der Waals surface area contributed by atoms with Crippen LogP contribution in [0.15, 0.2) is 48.9 Å². The molecule has 14 heteroatoms. The van der Waals surface area contributed by atoms with Crippen molar-refractivity contribution in [3.8, 4) is 11.1 Å². The van der Waals surface area contributed by atoms with Crippen molar-refractivity contribution in [2.45, 2.75) is 12.7 Å². The molecule has 0 unspecified atom stereocenters. The fourth-order valence-electron chi connectivity index (χ4n) is 4.41. The second-order valence-electron chi connectivity index (χ2n) is 8.73. The van der Waals surface area contributed by atoms with Crippen molar-refractivity contribution in [2.75, 3.05) is 42.7 Å². The summed E-state index contributed by atoms with van der Waals surface area (Å²) in [7, 11) is 0. The molecule has 1 aliphatic heterocycles.